The molecule has 7 heteroatoms. The number of hydrogen-bond donors (Lipinski definition) is 0. The summed E-state index contributed by atoms with van der Waals surface area (Å²) < 4.78 is 21.1. The molecule has 3 rings (SSSR count). The van der Waals surface area contributed by atoms with E-state index < -0.39 is 7.60 Å². The number of hydrogen-bond acceptors (Lipinski definition) is 5. The fourth-order valence-electron chi connectivity index (χ4n) is 1.93. The molecule has 1 aromatic carbocycles. The molecule has 100 valence electrons. The van der Waals surface area contributed by atoms with Gasteiger partial charge in [0.05, 0.1) is 11.5 Å². The highest BCUT2D eigenvalue weighted by atomic mass is 32.2. The van der Waals surface area contributed by atoms with Crippen LogP contribution in [-0.2, 0) is 9.09 Å². The molecule has 19 heavy (non-hydrogen) atoms. The summed E-state index contributed by atoms with van der Waals surface area (Å²) in [6.07, 6.45) is -0.358. The van der Waals surface area contributed by atoms with E-state index in [0.717, 1.165) is 14.4 Å². The molecular weight excluding hydrogens is 301 g/mol. The third-order valence-corrected chi connectivity index (χ3v) is 6.56. The average Bonchev–Trinajstić information content (AvgIpc) is 2.84. The van der Waals surface area contributed by atoms with E-state index in [9.17, 15) is 9.46 Å². The number of nitrogens with zero attached hydrogens (tertiary/aromatic N) is 1. The maximum Gasteiger partial charge on any atom is 0.326 e. The first kappa shape index (κ1) is 13.2. The molecule has 0 saturated carbocycles. The van der Waals surface area contributed by atoms with Gasteiger partial charge >= 0.3 is 4.14 Å². The Morgan fingerprint density at radius 1 is 1.37 bits per heavy atom. The zero-order valence-corrected chi connectivity index (χ0v) is 12.9. The molecule has 1 unspecified atom stereocenters. The molecule has 0 aliphatic heterocycles. The second-order valence-corrected chi connectivity index (χ2v) is 8.23. The molecule has 3 aromatic rings. The molecule has 0 fully saturated rings. The molecular formula is C12H12NO3PS2. The van der Waals surface area contributed by atoms with Crippen molar-refractivity contribution in [2.45, 2.75) is 20.0 Å². The van der Waals surface area contributed by atoms with Crippen LogP contribution in [0.3, 0.4) is 0 Å². The Hall–Kier alpha value is -0.780. The predicted molar refractivity (Wildman–Crippen MR) is 76.3 cm³/mol. The van der Waals surface area contributed by atoms with Crippen molar-refractivity contribution in [1.29, 1.82) is 0 Å². The molecule has 2 heterocycles. The molecule has 0 radical (unpaired) electrons. The Morgan fingerprint density at radius 3 is 2.84 bits per heavy atom. The maximum atomic E-state index is 12.3. The van der Waals surface area contributed by atoms with Gasteiger partial charge in [0.15, 0.2) is 0 Å². The van der Waals surface area contributed by atoms with Crippen LogP contribution in [0.5, 0.6) is 0 Å². The van der Waals surface area contributed by atoms with Crippen molar-refractivity contribution in [3.05, 3.63) is 29.6 Å². The van der Waals surface area contributed by atoms with E-state index in [1.807, 2.05) is 24.3 Å². The topological polar surface area (TPSA) is 53.5 Å². The summed E-state index contributed by atoms with van der Waals surface area (Å²) in [6.45, 7) is 3.43. The van der Waals surface area contributed by atoms with Gasteiger partial charge in [0, 0.05) is 6.07 Å². The maximum absolute atomic E-state index is 12.3. The Bertz CT molecular complexity index is 793. The normalized spacial score (nSPS) is 15.4. The fourth-order valence-corrected chi connectivity index (χ4v) is 5.97. The summed E-state index contributed by atoms with van der Waals surface area (Å²) >= 11 is 3.01. The van der Waals surface area contributed by atoms with Gasteiger partial charge in [0.2, 0.25) is 13.1 Å². The van der Waals surface area contributed by atoms with Gasteiger partial charge in [-0.3, -0.25) is 4.57 Å². The predicted octanol–water partition coefficient (Wildman–Crippen LogP) is 2.31. The quantitative estimate of drug-likeness (QED) is 0.551. The van der Waals surface area contributed by atoms with Crippen molar-refractivity contribution in [1.82, 2.24) is 0 Å². The third kappa shape index (κ3) is 2.24. The Labute approximate surface area is 118 Å². The summed E-state index contributed by atoms with van der Waals surface area (Å²) in [7, 11) is -4.04. The second kappa shape index (κ2) is 4.65. The van der Waals surface area contributed by atoms with Crippen LogP contribution < -0.4 is 14.7 Å². The van der Waals surface area contributed by atoms with Crippen LogP contribution in [0.2, 0.25) is 0 Å². The van der Waals surface area contributed by atoms with Crippen LogP contribution in [0.1, 0.15) is 13.8 Å². The van der Waals surface area contributed by atoms with Gasteiger partial charge in [-0.15, -0.1) is 4.40 Å². The van der Waals surface area contributed by atoms with Gasteiger partial charge in [-0.1, -0.05) is 34.8 Å². The van der Waals surface area contributed by atoms with Crippen molar-refractivity contribution >= 4 is 50.1 Å². The number of thiazole rings is 2. The van der Waals surface area contributed by atoms with Crippen molar-refractivity contribution in [2.75, 3.05) is 0 Å². The Morgan fingerprint density at radius 2 is 2.11 bits per heavy atom. The minimum Gasteiger partial charge on any atom is -0.771 e. The van der Waals surface area contributed by atoms with E-state index in [-0.39, 0.29) is 11.5 Å². The molecule has 0 N–H and O–H groups in total. The largest absolute Gasteiger partial charge is 0.771 e. The molecule has 0 amide bonds. The number of para-hydroxylation sites is 1. The van der Waals surface area contributed by atoms with Gasteiger partial charge < -0.3 is 9.42 Å². The van der Waals surface area contributed by atoms with Crippen molar-refractivity contribution < 1.29 is 18.4 Å². The summed E-state index contributed by atoms with van der Waals surface area (Å²) in [5, 5.41) is 1.65. The second-order valence-electron chi connectivity index (χ2n) is 4.42. The number of rotatable bonds is 3. The highest BCUT2D eigenvalue weighted by Crippen LogP contribution is 2.38. The third-order valence-electron chi connectivity index (χ3n) is 2.61. The summed E-state index contributed by atoms with van der Waals surface area (Å²) in [6, 6.07) is 7.76. The summed E-state index contributed by atoms with van der Waals surface area (Å²) in [5.74, 6) is 0. The van der Waals surface area contributed by atoms with E-state index in [1.54, 1.807) is 35.0 Å². The van der Waals surface area contributed by atoms with Crippen molar-refractivity contribution in [3.63, 3.8) is 0 Å². The van der Waals surface area contributed by atoms with Crippen molar-refractivity contribution in [3.8, 4) is 0 Å². The van der Waals surface area contributed by atoms with Crippen LogP contribution in [0.15, 0.2) is 29.6 Å². The molecule has 0 saturated heterocycles. The first-order chi connectivity index (χ1) is 8.99. The fraction of sp³-hybridized carbons (Fsp3) is 0.250. The van der Waals surface area contributed by atoms with Gasteiger partial charge in [0.1, 0.15) is 4.70 Å². The van der Waals surface area contributed by atoms with Crippen LogP contribution in [0.4, 0.5) is 0 Å². The van der Waals surface area contributed by atoms with Gasteiger partial charge in [0.25, 0.3) is 5.44 Å². The molecule has 1 atom stereocenters. The highest BCUT2D eigenvalue weighted by Gasteiger charge is 2.30. The first-order valence-electron chi connectivity index (χ1n) is 5.80. The summed E-state index contributed by atoms with van der Waals surface area (Å²) in [4.78, 5) is 12.3. The zero-order valence-electron chi connectivity index (χ0n) is 10.4. The van der Waals surface area contributed by atoms with Crippen LogP contribution in [0.25, 0.3) is 14.4 Å². The molecule has 0 aliphatic carbocycles. The molecule has 0 spiro atoms. The monoisotopic (exact) mass is 313 g/mol. The zero-order chi connectivity index (χ0) is 13.6. The lowest BCUT2D eigenvalue weighted by Gasteiger charge is -2.20. The standard InChI is InChI=1S/C12H12NO3PS2/c1-8(2)16-17(14,15)11-7-18-12-13(11)9-5-3-4-6-10(9)19-12/h3-8H,1-2H3. The molecule has 4 nitrogen and oxygen atoms in total. The van der Waals surface area contributed by atoms with E-state index in [4.69, 9.17) is 4.52 Å². The number of fused-ring (bicyclic) bond motifs is 3. The van der Waals surface area contributed by atoms with E-state index >= 15 is 0 Å². The van der Waals surface area contributed by atoms with Gasteiger partial charge in [-0.2, -0.15) is 0 Å². The first-order valence-corrected chi connectivity index (χ1v) is 9.04. The van der Waals surface area contributed by atoms with Crippen LogP contribution in [-0.4, -0.2) is 6.10 Å². The smallest absolute Gasteiger partial charge is 0.326 e. The SMILES string of the molecule is CC(C)OP(=O)([O-])c1csc2sc3ccccc3[n+]12. The lowest BCUT2D eigenvalue weighted by molar-refractivity contribution is -0.455. The molecule has 0 aliphatic rings. The van der Waals surface area contributed by atoms with Crippen LogP contribution >= 0.6 is 30.3 Å². The highest BCUT2D eigenvalue weighted by molar-refractivity contribution is 7.60. The lowest BCUT2D eigenvalue weighted by atomic mass is 10.3. The molecule has 2 aromatic heterocycles. The van der Waals surface area contributed by atoms with E-state index in [1.165, 1.54) is 11.3 Å². The van der Waals surface area contributed by atoms with E-state index in [2.05, 4.69) is 0 Å². The Balaban J connectivity index is 2.27. The number of benzene rings is 1. The number of aromatic nitrogens is 1. The summed E-state index contributed by atoms with van der Waals surface area (Å²) in [5.41, 5.74) is 1.14. The minimum absolute atomic E-state index is 0.235. The Kier molecular flexibility index (Phi) is 3.23. The van der Waals surface area contributed by atoms with Gasteiger partial charge in [-0.25, -0.2) is 0 Å². The lowest BCUT2D eigenvalue weighted by Crippen LogP contribution is -2.39. The van der Waals surface area contributed by atoms with Crippen LogP contribution in [0, 0.1) is 0 Å². The molecule has 0 bridgehead atoms. The van der Waals surface area contributed by atoms with E-state index in [0.29, 0.717) is 0 Å². The average molecular weight is 313 g/mol. The van der Waals surface area contributed by atoms with Gasteiger partial charge in [-0.05, 0) is 19.9 Å². The van der Waals surface area contributed by atoms with Crippen molar-refractivity contribution in [2.24, 2.45) is 0 Å². The minimum atomic E-state index is -4.04.